The maximum absolute atomic E-state index is 12.3. The number of allylic oxidation sites excluding steroid dienone is 1. The number of nitriles is 2. The average molecular weight is 1440 g/mol. The third-order valence-corrected chi connectivity index (χ3v) is 13.1. The summed E-state index contributed by atoms with van der Waals surface area (Å²) in [5, 5.41) is 60.1. The van der Waals surface area contributed by atoms with E-state index in [1.807, 2.05) is 100 Å². The second-order valence-electron chi connectivity index (χ2n) is 21.2. The third kappa shape index (κ3) is 32.1. The zero-order chi connectivity index (χ0) is 75.6. The predicted molar refractivity (Wildman–Crippen MR) is 396 cm³/mol. The summed E-state index contributed by atoms with van der Waals surface area (Å²) in [6.45, 7) is 11.3. The smallest absolute Gasteiger partial charge is 0.857 e. The number of benzene rings is 6. The Bertz CT molecular complexity index is 4810. The van der Waals surface area contributed by atoms with Crippen LogP contribution in [-0.2, 0) is 37.0 Å². The van der Waals surface area contributed by atoms with E-state index in [1.165, 1.54) is 37.3 Å². The minimum atomic E-state index is -1.08. The molecule has 0 unspecified atom stereocenters. The van der Waals surface area contributed by atoms with Gasteiger partial charge >= 0.3 is 41.5 Å². The van der Waals surface area contributed by atoms with Crippen LogP contribution < -0.4 is 62.0 Å². The first-order valence-corrected chi connectivity index (χ1v) is 31.0. The number of hydrogen-bond donors (Lipinski definition) is 4. The number of aliphatic carboxylic acids is 1. The van der Waals surface area contributed by atoms with Gasteiger partial charge in [-0.05, 0) is 148 Å². The van der Waals surface area contributed by atoms with E-state index in [4.69, 9.17) is 46.5 Å². The Morgan fingerprint density at radius 1 is 0.585 bits per heavy atom. The minimum Gasteiger partial charge on any atom is -0.857 e. The minimum absolute atomic E-state index is 0. The molecule has 27 heteroatoms. The summed E-state index contributed by atoms with van der Waals surface area (Å²) < 4.78 is 15.4. The molecule has 0 atom stereocenters. The fourth-order valence-corrected chi connectivity index (χ4v) is 8.22. The van der Waals surface area contributed by atoms with E-state index in [0.29, 0.717) is 75.4 Å². The summed E-state index contributed by atoms with van der Waals surface area (Å²) in [6, 6.07) is 53.6. The summed E-state index contributed by atoms with van der Waals surface area (Å²) >= 11 is 0. The molecule has 0 bridgehead atoms. The Morgan fingerprint density at radius 3 is 1.41 bits per heavy atom. The number of H-pyrrole nitrogens is 1. The van der Waals surface area contributed by atoms with Crippen molar-refractivity contribution >= 4 is 30.0 Å². The zero-order valence-electron chi connectivity index (χ0n) is 58.9. The number of aliphatic hydroxyl groups excluding tert-OH is 1. The molecule has 5 aromatic heterocycles. The average Bonchev–Trinajstić information content (AvgIpc) is 0.830. The second kappa shape index (κ2) is 49.8. The van der Waals surface area contributed by atoms with E-state index in [9.17, 15) is 24.0 Å². The maximum atomic E-state index is 12.3. The summed E-state index contributed by atoms with van der Waals surface area (Å²) in [5.41, 5.74) is 18.6. The van der Waals surface area contributed by atoms with Crippen molar-refractivity contribution in [1.82, 2.24) is 49.9 Å². The number of nitrogens with one attached hydrogen (secondary N) is 1. The van der Waals surface area contributed by atoms with Crippen LogP contribution in [0.1, 0.15) is 101 Å². The van der Waals surface area contributed by atoms with Crippen LogP contribution >= 0.6 is 0 Å². The molecule has 6 aromatic carbocycles. The number of carbonyl (C=O) groups excluding carboxylic acids is 4. The quantitative estimate of drug-likeness (QED) is 0.0208. The molecule has 0 fully saturated rings. The van der Waals surface area contributed by atoms with E-state index in [1.54, 1.807) is 135 Å². The number of aldehydes is 1. The van der Waals surface area contributed by atoms with E-state index < -0.39 is 11.9 Å². The van der Waals surface area contributed by atoms with Crippen molar-refractivity contribution < 1.29 is 83.7 Å². The van der Waals surface area contributed by atoms with Gasteiger partial charge in [-0.15, -0.1) is 0 Å². The number of carboxylic acids is 1. The molecule has 6 N–H and O–H groups in total. The molecule has 542 valence electrons. The third-order valence-electron chi connectivity index (χ3n) is 13.1. The van der Waals surface area contributed by atoms with E-state index >= 15 is 0 Å². The number of methoxy groups -OCH3 is 2. The van der Waals surface area contributed by atoms with Crippen LogP contribution in [0.3, 0.4) is 0 Å². The molecule has 0 spiro atoms. The van der Waals surface area contributed by atoms with Crippen LogP contribution in [-0.4, -0.2) is 113 Å². The summed E-state index contributed by atoms with van der Waals surface area (Å²) in [5.74, 6) is 0.268. The van der Waals surface area contributed by atoms with Gasteiger partial charge in [0, 0.05) is 88.7 Å². The van der Waals surface area contributed by atoms with E-state index in [0.717, 1.165) is 76.0 Å². The molecule has 0 saturated carbocycles. The van der Waals surface area contributed by atoms with Gasteiger partial charge in [0.2, 0.25) is 0 Å². The van der Waals surface area contributed by atoms with Crippen LogP contribution in [0.4, 0.5) is 0 Å². The number of carbonyl (C=O) groups is 4. The number of aliphatic hydroxyl groups is 1. The fourth-order valence-electron chi connectivity index (χ4n) is 8.22. The standard InChI is InChI=1S/C23H17N5O.C13H12N2O2.C12H12N2O.C11H7N3O.C9H10N2O2.C6H10O2.C2H4O2.CH3O.2CH4.Na/c1-16-13-25-23(26-14-16)20-7-3-5-18(11-20)15-28-22(29)9-8-21(27-28)19-6-2-4-17(10-19)12-24;1-9-7-14-12(15-8-9)10-4-3-5-11(6-10)13(16)17-2;1-9-6-13-12(14-7-9)11-4-2-3-10(5-11)8-15;12-7-8-2-1-3-9(6-8)10-4-5-11(15)14-13-10;1-13-9(12)7-4-2-3-6(5-7)8(10)11;1-3-8-5-6(2)4-7;1-2(3)4;1-2;;;/h2-11,13-14H,15H2,1H3;3-8H,1-2H3;2-7,15H,8H2,1H3;1-6H,(H,14,15);2-5H,1H3,(H3,10,11);4-5H,3H2,1-2H3;1H3,(H,3,4);1H3;2*1H4;/q;;;;;;;-1;;;+1/b;;;;;6-5+;;;;;. The number of aromatic nitrogens is 10. The van der Waals surface area contributed by atoms with Crippen molar-refractivity contribution in [1.29, 1.82) is 10.5 Å². The molecule has 11 rings (SSSR count). The Morgan fingerprint density at radius 2 is 0.981 bits per heavy atom. The van der Waals surface area contributed by atoms with Crippen molar-refractivity contribution in [3.05, 3.63) is 295 Å². The molecule has 106 heavy (non-hydrogen) atoms. The molecule has 26 nitrogen and oxygen atoms in total. The van der Waals surface area contributed by atoms with Crippen LogP contribution in [0.15, 0.2) is 228 Å². The van der Waals surface area contributed by atoms with Crippen molar-refractivity contribution in [3.8, 4) is 68.8 Å². The summed E-state index contributed by atoms with van der Waals surface area (Å²) in [7, 11) is 3.43. The van der Waals surface area contributed by atoms with Gasteiger partial charge < -0.3 is 34.3 Å². The number of carboxylic acid groups (broad SMARTS) is 1. The molecule has 0 saturated heterocycles. The van der Waals surface area contributed by atoms with Gasteiger partial charge in [0.1, 0.15) is 6.29 Å². The molecule has 0 aliphatic rings. The van der Waals surface area contributed by atoms with Crippen LogP contribution in [0, 0.1) is 43.4 Å². The van der Waals surface area contributed by atoms with Gasteiger partial charge in [-0.25, -0.2) is 49.3 Å². The maximum Gasteiger partial charge on any atom is 1.00 e. The van der Waals surface area contributed by atoms with Gasteiger partial charge in [0.15, 0.2) is 17.5 Å². The largest absolute Gasteiger partial charge is 1.00 e. The SMILES string of the molecule is C.C.CC(=O)[O-].CCO/C=C(\C)C=O.COC(=O)c1cccc(-c2ncc(C)cn2)c1.COC(=O)c1cccc(C(N)=[NH2+])c1.C[O-].Cc1cnc(-c2cccc(CO)c2)nc1.Cc1cnc(-c2cccc(Cn3nc(-c4cccc(C#N)c4)ccc3=O)c2)nc1.N#Cc1cccc(-c2ccc(=O)[nH]n2)c1.[Na+]. The number of nitrogens with two attached hydrogens (primary N) is 2. The number of rotatable bonds is 14. The second-order valence-corrected chi connectivity index (χ2v) is 21.2. The van der Waals surface area contributed by atoms with Crippen molar-refractivity contribution in [2.75, 3.05) is 27.9 Å². The van der Waals surface area contributed by atoms with Gasteiger partial charge in [-0.3, -0.25) is 25.5 Å². The molecule has 11 aromatic rings. The van der Waals surface area contributed by atoms with Gasteiger partial charge in [-0.2, -0.15) is 27.8 Å². The fraction of sp³-hybridized carbons (Fsp3) is 0.177. The first-order valence-electron chi connectivity index (χ1n) is 31.0. The van der Waals surface area contributed by atoms with Gasteiger partial charge in [0.05, 0.1) is 91.6 Å². The topological polar surface area (TPSA) is 419 Å². The van der Waals surface area contributed by atoms with Crippen molar-refractivity contribution in [2.45, 2.75) is 69.5 Å². The van der Waals surface area contributed by atoms with Crippen LogP contribution in [0.2, 0.25) is 0 Å². The molecule has 0 aliphatic heterocycles. The number of nitrogens with zero attached hydrogens (tertiary/aromatic N) is 11. The number of ether oxygens (including phenoxy) is 3. The number of hydrogen-bond acceptors (Lipinski definition) is 22. The molecule has 0 aliphatic carbocycles. The molecule has 0 radical (unpaired) electrons. The first kappa shape index (κ1) is 91.3. The molecular formula is C79H83N14NaO12. The summed E-state index contributed by atoms with van der Waals surface area (Å²) in [6.07, 6.45) is 12.8. The Labute approximate surface area is 637 Å². The van der Waals surface area contributed by atoms with Gasteiger partial charge in [0.25, 0.3) is 17.0 Å². The molecule has 0 amide bonds. The molecule has 5 heterocycles. The van der Waals surface area contributed by atoms with Crippen molar-refractivity contribution in [3.63, 3.8) is 0 Å². The normalized spacial score (nSPS) is 9.54. The van der Waals surface area contributed by atoms with E-state index in [2.05, 4.69) is 60.7 Å². The monoisotopic (exact) mass is 1440 g/mol. The molecular weight excluding hydrogens is 1360 g/mol. The summed E-state index contributed by atoms with van der Waals surface area (Å²) in [4.78, 5) is 90.0. The Kier molecular flexibility index (Phi) is 42.9. The number of aromatic amines is 1. The number of esters is 2. The predicted octanol–water partition coefficient (Wildman–Crippen LogP) is 5.16. The first-order chi connectivity index (χ1) is 49.6. The Balaban J connectivity index is 0.000000646. The Hall–Kier alpha value is -12.7. The number of amidine groups is 1. The van der Waals surface area contributed by atoms with Crippen LogP contribution in [0.25, 0.3) is 56.7 Å². The number of aryl methyl sites for hydroxylation is 3. The van der Waals surface area contributed by atoms with Crippen molar-refractivity contribution in [2.24, 2.45) is 5.73 Å². The van der Waals surface area contributed by atoms with E-state index in [-0.39, 0.29) is 73.9 Å². The zero-order valence-corrected chi connectivity index (χ0v) is 60.9. The van der Waals surface area contributed by atoms with Crippen LogP contribution in [0.5, 0.6) is 0 Å². The van der Waals surface area contributed by atoms with Gasteiger partial charge in [-0.1, -0.05) is 93.7 Å².